The lowest BCUT2D eigenvalue weighted by molar-refractivity contribution is -0.384. The number of nitro groups is 1. The summed E-state index contributed by atoms with van der Waals surface area (Å²) in [5.74, 6) is -1.57. The summed E-state index contributed by atoms with van der Waals surface area (Å²) in [6.07, 6.45) is -0.182. The van der Waals surface area contributed by atoms with Gasteiger partial charge in [0.05, 0.1) is 14.9 Å². The molecular formula is C12H14FIN2O4. The predicted molar refractivity (Wildman–Crippen MR) is 80.5 cm³/mol. The van der Waals surface area contributed by atoms with Gasteiger partial charge in [-0.1, -0.05) is 0 Å². The molecule has 1 aromatic rings. The highest BCUT2D eigenvalue weighted by molar-refractivity contribution is 14.1. The first-order valence-corrected chi connectivity index (χ1v) is 6.97. The highest BCUT2D eigenvalue weighted by Gasteiger charge is 2.25. The van der Waals surface area contributed by atoms with E-state index in [-0.39, 0.29) is 21.4 Å². The Kier molecular flexibility index (Phi) is 5.66. The second kappa shape index (κ2) is 6.82. The molecule has 0 bridgehead atoms. The lowest BCUT2D eigenvalue weighted by Crippen LogP contribution is -2.35. The van der Waals surface area contributed by atoms with Crippen LogP contribution in [0.15, 0.2) is 12.1 Å². The molecule has 1 N–H and O–H groups in total. The number of aliphatic carboxylic acids is 1. The van der Waals surface area contributed by atoms with Gasteiger partial charge in [0.25, 0.3) is 5.69 Å². The zero-order valence-electron chi connectivity index (χ0n) is 11.0. The van der Waals surface area contributed by atoms with Crippen molar-refractivity contribution in [1.29, 1.82) is 0 Å². The van der Waals surface area contributed by atoms with Gasteiger partial charge in [-0.25, -0.2) is 4.39 Å². The maximum atomic E-state index is 13.7. The average Bonchev–Trinajstić information content (AvgIpc) is 2.32. The number of anilines is 1. The molecule has 1 rings (SSSR count). The molecule has 1 aromatic carbocycles. The average molecular weight is 396 g/mol. The number of carboxylic acid groups (broad SMARTS) is 1. The first-order valence-electron chi connectivity index (χ1n) is 5.89. The Hall–Kier alpha value is -1.45. The fraction of sp³-hybridized carbons (Fsp3) is 0.417. The minimum Gasteiger partial charge on any atom is -0.481 e. The number of halogens is 2. The van der Waals surface area contributed by atoms with Crippen molar-refractivity contribution in [3.63, 3.8) is 0 Å². The maximum Gasteiger partial charge on any atom is 0.305 e. The molecule has 1 unspecified atom stereocenters. The first kappa shape index (κ1) is 16.6. The van der Waals surface area contributed by atoms with E-state index in [0.717, 1.165) is 12.1 Å². The summed E-state index contributed by atoms with van der Waals surface area (Å²) in [5, 5.41) is 19.9. The van der Waals surface area contributed by atoms with E-state index in [9.17, 15) is 19.3 Å². The fourth-order valence-corrected chi connectivity index (χ4v) is 2.44. The second-order valence-corrected chi connectivity index (χ2v) is 5.41. The Morgan fingerprint density at radius 2 is 2.20 bits per heavy atom. The molecule has 0 saturated carbocycles. The van der Waals surface area contributed by atoms with Gasteiger partial charge in [-0.3, -0.25) is 14.9 Å². The number of nitrogens with zero attached hydrogens (tertiary/aromatic N) is 2. The van der Waals surface area contributed by atoms with Crippen molar-refractivity contribution in [3.8, 4) is 0 Å². The third-order valence-corrected chi connectivity index (χ3v) is 3.69. The molecule has 0 aliphatic rings. The number of carboxylic acids is 1. The van der Waals surface area contributed by atoms with Crippen molar-refractivity contribution < 1.29 is 19.2 Å². The molecule has 0 fully saturated rings. The lowest BCUT2D eigenvalue weighted by atomic mass is 10.1. The van der Waals surface area contributed by atoms with Crippen molar-refractivity contribution >= 4 is 39.9 Å². The summed E-state index contributed by atoms with van der Waals surface area (Å²) in [6, 6.07) is 1.76. The number of nitro benzene ring substituents is 1. The first-order chi connectivity index (χ1) is 9.27. The van der Waals surface area contributed by atoms with E-state index >= 15 is 0 Å². The van der Waals surface area contributed by atoms with Crippen LogP contribution in [0.2, 0.25) is 0 Å². The van der Waals surface area contributed by atoms with Gasteiger partial charge in [-0.15, -0.1) is 0 Å². The molecule has 0 spiro atoms. The zero-order valence-corrected chi connectivity index (χ0v) is 13.1. The van der Waals surface area contributed by atoms with Crippen LogP contribution in [0, 0.1) is 19.5 Å². The predicted octanol–water partition coefficient (Wildman–Crippen LogP) is 3.03. The molecule has 0 aliphatic carbocycles. The van der Waals surface area contributed by atoms with Crippen LogP contribution in [0.5, 0.6) is 0 Å². The van der Waals surface area contributed by atoms with Gasteiger partial charge in [0.15, 0.2) is 0 Å². The van der Waals surface area contributed by atoms with Crippen molar-refractivity contribution in [1.82, 2.24) is 0 Å². The van der Waals surface area contributed by atoms with Gasteiger partial charge in [0.1, 0.15) is 11.5 Å². The number of carbonyl (C=O) groups is 1. The molecule has 6 nitrogen and oxygen atoms in total. The van der Waals surface area contributed by atoms with Gasteiger partial charge in [0.2, 0.25) is 0 Å². The minimum absolute atomic E-state index is 0.101. The number of hydrogen-bond acceptors (Lipinski definition) is 4. The Morgan fingerprint density at radius 3 is 2.65 bits per heavy atom. The zero-order chi connectivity index (χ0) is 15.4. The van der Waals surface area contributed by atoms with E-state index in [1.165, 1.54) is 4.90 Å². The van der Waals surface area contributed by atoms with Crippen LogP contribution in [0.4, 0.5) is 15.8 Å². The van der Waals surface area contributed by atoms with Gasteiger partial charge in [-0.05, 0) is 36.4 Å². The Labute approximate surface area is 128 Å². The molecule has 0 heterocycles. The van der Waals surface area contributed by atoms with E-state index in [1.54, 1.807) is 36.4 Å². The molecule has 1 atom stereocenters. The summed E-state index contributed by atoms with van der Waals surface area (Å²) in [5.41, 5.74) is -0.126. The Balaban J connectivity index is 3.30. The van der Waals surface area contributed by atoms with Crippen LogP contribution < -0.4 is 4.90 Å². The van der Waals surface area contributed by atoms with Crippen LogP contribution in [0.3, 0.4) is 0 Å². The number of hydrogen-bond donors (Lipinski definition) is 1. The largest absolute Gasteiger partial charge is 0.481 e. The SMILES string of the molecule is CCN(c1cc(F)c(I)cc1[N+](=O)[O-])C(C)CC(=O)O. The molecule has 0 radical (unpaired) electrons. The van der Waals surface area contributed by atoms with Crippen LogP contribution in [0.1, 0.15) is 20.3 Å². The van der Waals surface area contributed by atoms with Gasteiger partial charge < -0.3 is 10.0 Å². The minimum atomic E-state index is -1.01. The number of rotatable bonds is 6. The van der Waals surface area contributed by atoms with Crippen molar-refractivity contribution in [2.45, 2.75) is 26.3 Å². The molecule has 0 aromatic heterocycles. The monoisotopic (exact) mass is 396 g/mol. The maximum absolute atomic E-state index is 13.7. The molecule has 20 heavy (non-hydrogen) atoms. The standard InChI is InChI=1S/C12H14FIN2O4/c1-3-15(7(2)4-12(17)18)10-5-8(13)9(14)6-11(10)16(19)20/h5-7H,3-4H2,1-2H3,(H,17,18). The Bertz CT molecular complexity index is 538. The molecule has 0 saturated heterocycles. The van der Waals surface area contributed by atoms with E-state index < -0.39 is 22.8 Å². The van der Waals surface area contributed by atoms with Crippen molar-refractivity contribution in [3.05, 3.63) is 31.6 Å². The normalized spacial score (nSPS) is 12.0. The van der Waals surface area contributed by atoms with Gasteiger partial charge in [-0.2, -0.15) is 0 Å². The van der Waals surface area contributed by atoms with Crippen molar-refractivity contribution in [2.75, 3.05) is 11.4 Å². The second-order valence-electron chi connectivity index (χ2n) is 4.25. The van der Waals surface area contributed by atoms with Crippen LogP contribution in [0.25, 0.3) is 0 Å². The summed E-state index contributed by atoms with van der Waals surface area (Å²) in [7, 11) is 0. The summed E-state index contributed by atoms with van der Waals surface area (Å²) in [6.45, 7) is 3.71. The quantitative estimate of drug-likeness (QED) is 0.454. The highest BCUT2D eigenvalue weighted by atomic mass is 127. The molecule has 0 aliphatic heterocycles. The van der Waals surface area contributed by atoms with Crippen LogP contribution in [-0.2, 0) is 4.79 Å². The van der Waals surface area contributed by atoms with E-state index in [0.29, 0.717) is 6.54 Å². The van der Waals surface area contributed by atoms with Crippen molar-refractivity contribution in [2.24, 2.45) is 0 Å². The summed E-state index contributed by atoms with van der Waals surface area (Å²) < 4.78 is 13.8. The van der Waals surface area contributed by atoms with Crippen LogP contribution >= 0.6 is 22.6 Å². The summed E-state index contributed by atoms with van der Waals surface area (Å²) in [4.78, 5) is 22.8. The van der Waals surface area contributed by atoms with E-state index in [1.807, 2.05) is 0 Å². The number of benzene rings is 1. The molecule has 0 amide bonds. The Morgan fingerprint density at radius 1 is 1.60 bits per heavy atom. The smallest absolute Gasteiger partial charge is 0.305 e. The third-order valence-electron chi connectivity index (χ3n) is 2.87. The molecule has 110 valence electrons. The fourth-order valence-electron chi connectivity index (χ4n) is 1.98. The van der Waals surface area contributed by atoms with Gasteiger partial charge in [0, 0.05) is 24.7 Å². The van der Waals surface area contributed by atoms with Gasteiger partial charge >= 0.3 is 5.97 Å². The van der Waals surface area contributed by atoms with E-state index in [4.69, 9.17) is 5.11 Å². The van der Waals surface area contributed by atoms with Crippen LogP contribution in [-0.4, -0.2) is 28.6 Å². The highest BCUT2D eigenvalue weighted by Crippen LogP contribution is 2.33. The molecule has 8 heteroatoms. The van der Waals surface area contributed by atoms with E-state index in [2.05, 4.69) is 0 Å². The lowest BCUT2D eigenvalue weighted by Gasteiger charge is -2.29. The topological polar surface area (TPSA) is 83.7 Å². The summed E-state index contributed by atoms with van der Waals surface area (Å²) >= 11 is 1.68. The molecular weight excluding hydrogens is 382 g/mol. The third kappa shape index (κ3) is 3.78.